The molecule has 9 heteroatoms. The van der Waals surface area contributed by atoms with Crippen LogP contribution in [-0.4, -0.2) is 45.6 Å². The number of amides is 1. The third kappa shape index (κ3) is 4.09. The van der Waals surface area contributed by atoms with Crippen LogP contribution in [0.4, 0.5) is 0 Å². The molecule has 0 aliphatic heterocycles. The molecular weight excluding hydrogens is 354 g/mol. The smallest absolute Gasteiger partial charge is 0.233 e. The standard InChI is InChI=1S/C17H23N5O3S/c1-10(14-9-13(24-3)7-8-15(14)25-4)18-16(23)11(2)26-17-19-20-21-22(17)12-5-6-12/h7-12H,5-6H2,1-4H3,(H,18,23). The van der Waals surface area contributed by atoms with Gasteiger partial charge < -0.3 is 14.8 Å². The maximum absolute atomic E-state index is 12.6. The van der Waals surface area contributed by atoms with E-state index in [1.807, 2.05) is 36.7 Å². The quantitative estimate of drug-likeness (QED) is 0.706. The van der Waals surface area contributed by atoms with Crippen molar-refractivity contribution in [3.05, 3.63) is 23.8 Å². The van der Waals surface area contributed by atoms with Crippen LogP contribution in [0.5, 0.6) is 11.5 Å². The minimum Gasteiger partial charge on any atom is -0.497 e. The molecule has 3 rings (SSSR count). The SMILES string of the molecule is COc1ccc(OC)c(C(C)NC(=O)C(C)Sc2nnnn2C2CC2)c1. The molecule has 1 aliphatic rings. The molecule has 1 aromatic heterocycles. The van der Waals surface area contributed by atoms with E-state index in [4.69, 9.17) is 9.47 Å². The van der Waals surface area contributed by atoms with E-state index in [0.29, 0.717) is 22.7 Å². The van der Waals surface area contributed by atoms with Crippen molar-refractivity contribution in [1.29, 1.82) is 0 Å². The lowest BCUT2D eigenvalue weighted by atomic mass is 10.1. The number of hydrogen-bond acceptors (Lipinski definition) is 7. The lowest BCUT2D eigenvalue weighted by molar-refractivity contribution is -0.120. The van der Waals surface area contributed by atoms with Crippen molar-refractivity contribution in [3.8, 4) is 11.5 Å². The Morgan fingerprint density at radius 1 is 1.31 bits per heavy atom. The van der Waals surface area contributed by atoms with Gasteiger partial charge in [-0.15, -0.1) is 5.10 Å². The molecular formula is C17H23N5O3S. The molecule has 0 spiro atoms. The molecule has 140 valence electrons. The van der Waals surface area contributed by atoms with Gasteiger partial charge in [0.15, 0.2) is 0 Å². The average molecular weight is 377 g/mol. The van der Waals surface area contributed by atoms with E-state index in [-0.39, 0.29) is 17.2 Å². The third-order valence-corrected chi connectivity index (χ3v) is 5.32. The topological polar surface area (TPSA) is 91.2 Å². The largest absolute Gasteiger partial charge is 0.497 e. The number of carbonyl (C=O) groups is 1. The fourth-order valence-electron chi connectivity index (χ4n) is 2.61. The minimum atomic E-state index is -0.322. The molecule has 0 radical (unpaired) electrons. The van der Waals surface area contributed by atoms with Crippen LogP contribution in [0, 0.1) is 0 Å². The second-order valence-corrected chi connectivity index (χ2v) is 7.54. The number of benzene rings is 1. The van der Waals surface area contributed by atoms with Crippen LogP contribution >= 0.6 is 11.8 Å². The van der Waals surface area contributed by atoms with Gasteiger partial charge in [-0.25, -0.2) is 4.68 Å². The van der Waals surface area contributed by atoms with Crippen LogP contribution in [0.3, 0.4) is 0 Å². The first-order valence-electron chi connectivity index (χ1n) is 8.50. The van der Waals surface area contributed by atoms with Gasteiger partial charge in [0, 0.05) is 5.56 Å². The Bertz CT molecular complexity index is 778. The summed E-state index contributed by atoms with van der Waals surface area (Å²) in [5.74, 6) is 1.34. The molecule has 0 bridgehead atoms. The van der Waals surface area contributed by atoms with Crippen LogP contribution in [0.2, 0.25) is 0 Å². The van der Waals surface area contributed by atoms with Gasteiger partial charge in [-0.1, -0.05) is 11.8 Å². The van der Waals surface area contributed by atoms with Gasteiger partial charge in [-0.05, 0) is 55.3 Å². The summed E-state index contributed by atoms with van der Waals surface area (Å²) in [5.41, 5.74) is 0.861. The molecule has 0 saturated heterocycles. The maximum Gasteiger partial charge on any atom is 0.233 e. The van der Waals surface area contributed by atoms with Crippen LogP contribution in [0.1, 0.15) is 44.3 Å². The zero-order valence-electron chi connectivity index (χ0n) is 15.3. The molecule has 1 aliphatic carbocycles. The van der Waals surface area contributed by atoms with Gasteiger partial charge in [-0.2, -0.15) is 0 Å². The van der Waals surface area contributed by atoms with Crippen molar-refractivity contribution in [2.45, 2.75) is 49.2 Å². The first kappa shape index (κ1) is 18.5. The van der Waals surface area contributed by atoms with Crippen LogP contribution in [-0.2, 0) is 4.79 Å². The summed E-state index contributed by atoms with van der Waals surface area (Å²) in [6, 6.07) is 5.68. The molecule has 8 nitrogen and oxygen atoms in total. The summed E-state index contributed by atoms with van der Waals surface area (Å²) in [5, 5.41) is 15.2. The molecule has 2 aromatic rings. The highest BCUT2D eigenvalue weighted by Crippen LogP contribution is 2.37. The van der Waals surface area contributed by atoms with E-state index < -0.39 is 0 Å². The molecule has 2 unspecified atom stereocenters. The number of thioether (sulfide) groups is 1. The summed E-state index contributed by atoms with van der Waals surface area (Å²) < 4.78 is 12.5. The summed E-state index contributed by atoms with van der Waals surface area (Å²) in [6.45, 7) is 3.77. The van der Waals surface area contributed by atoms with Crippen molar-refractivity contribution < 1.29 is 14.3 Å². The highest BCUT2D eigenvalue weighted by Gasteiger charge is 2.29. The number of ether oxygens (including phenoxy) is 2. The van der Waals surface area contributed by atoms with Gasteiger partial charge in [-0.3, -0.25) is 4.79 Å². The Balaban J connectivity index is 1.66. The van der Waals surface area contributed by atoms with Gasteiger partial charge in [0.1, 0.15) is 11.5 Å². The molecule has 1 N–H and O–H groups in total. The summed E-state index contributed by atoms with van der Waals surface area (Å²) in [4.78, 5) is 12.6. The van der Waals surface area contributed by atoms with Gasteiger partial charge >= 0.3 is 0 Å². The molecule has 1 saturated carbocycles. The van der Waals surface area contributed by atoms with E-state index in [0.717, 1.165) is 18.4 Å². The van der Waals surface area contributed by atoms with E-state index in [1.165, 1.54) is 11.8 Å². The van der Waals surface area contributed by atoms with Gasteiger partial charge in [0.25, 0.3) is 0 Å². The van der Waals surface area contributed by atoms with Gasteiger partial charge in [0.2, 0.25) is 11.1 Å². The predicted octanol–water partition coefficient (Wildman–Crippen LogP) is 2.38. The molecule has 2 atom stereocenters. The Hall–Kier alpha value is -2.29. The Morgan fingerprint density at radius 3 is 2.73 bits per heavy atom. The second-order valence-electron chi connectivity index (χ2n) is 6.24. The zero-order valence-corrected chi connectivity index (χ0v) is 16.1. The lowest BCUT2D eigenvalue weighted by Gasteiger charge is -2.20. The summed E-state index contributed by atoms with van der Waals surface area (Å²) in [6.07, 6.45) is 2.18. The monoisotopic (exact) mass is 377 g/mol. The number of nitrogens with zero attached hydrogens (tertiary/aromatic N) is 4. The highest BCUT2D eigenvalue weighted by molar-refractivity contribution is 8.00. The molecule has 26 heavy (non-hydrogen) atoms. The molecule has 1 heterocycles. The number of carbonyl (C=O) groups excluding carboxylic acids is 1. The normalized spacial score (nSPS) is 16.0. The van der Waals surface area contributed by atoms with Crippen molar-refractivity contribution in [3.63, 3.8) is 0 Å². The lowest BCUT2D eigenvalue weighted by Crippen LogP contribution is -2.33. The number of rotatable bonds is 8. The van der Waals surface area contributed by atoms with Crippen molar-refractivity contribution in [2.75, 3.05) is 14.2 Å². The van der Waals surface area contributed by atoms with Crippen molar-refractivity contribution >= 4 is 17.7 Å². The first-order chi connectivity index (χ1) is 12.5. The Kier molecular flexibility index (Phi) is 5.65. The molecule has 1 fully saturated rings. The fraction of sp³-hybridized carbons (Fsp3) is 0.529. The number of aromatic nitrogens is 4. The van der Waals surface area contributed by atoms with Crippen LogP contribution in [0.25, 0.3) is 0 Å². The van der Waals surface area contributed by atoms with Crippen molar-refractivity contribution in [1.82, 2.24) is 25.5 Å². The first-order valence-corrected chi connectivity index (χ1v) is 9.38. The Labute approximate surface area is 156 Å². The zero-order chi connectivity index (χ0) is 18.7. The predicted molar refractivity (Wildman–Crippen MR) is 97.5 cm³/mol. The van der Waals surface area contributed by atoms with Gasteiger partial charge in [0.05, 0.1) is 31.6 Å². The minimum absolute atomic E-state index is 0.0854. The highest BCUT2D eigenvalue weighted by atomic mass is 32.2. The summed E-state index contributed by atoms with van der Waals surface area (Å²) in [7, 11) is 3.22. The average Bonchev–Trinajstić information content (AvgIpc) is 3.40. The van der Waals surface area contributed by atoms with E-state index in [2.05, 4.69) is 20.8 Å². The van der Waals surface area contributed by atoms with Crippen LogP contribution in [0.15, 0.2) is 23.4 Å². The second kappa shape index (κ2) is 7.94. The molecule has 1 aromatic carbocycles. The number of methoxy groups -OCH3 is 2. The van der Waals surface area contributed by atoms with Crippen LogP contribution < -0.4 is 14.8 Å². The Morgan fingerprint density at radius 2 is 2.08 bits per heavy atom. The van der Waals surface area contributed by atoms with Crippen molar-refractivity contribution in [2.24, 2.45) is 0 Å². The molecule has 1 amide bonds. The number of tetrazole rings is 1. The fourth-order valence-corrected chi connectivity index (χ4v) is 3.48. The number of hydrogen-bond donors (Lipinski definition) is 1. The maximum atomic E-state index is 12.6. The third-order valence-electron chi connectivity index (χ3n) is 4.27. The number of nitrogens with one attached hydrogen (secondary N) is 1. The summed E-state index contributed by atoms with van der Waals surface area (Å²) >= 11 is 1.37. The van der Waals surface area contributed by atoms with E-state index in [1.54, 1.807) is 14.2 Å². The van der Waals surface area contributed by atoms with E-state index in [9.17, 15) is 4.79 Å². The van der Waals surface area contributed by atoms with E-state index >= 15 is 0 Å².